The lowest BCUT2D eigenvalue weighted by Gasteiger charge is -2.11. The molecule has 10 heteroatoms. The van der Waals surface area contributed by atoms with Crippen molar-refractivity contribution in [1.29, 1.82) is 0 Å². The van der Waals surface area contributed by atoms with Crippen molar-refractivity contribution in [2.24, 2.45) is 0 Å². The summed E-state index contributed by atoms with van der Waals surface area (Å²) in [5, 5.41) is 2.73. The maximum absolute atomic E-state index is 13.4. The maximum atomic E-state index is 13.4. The van der Waals surface area contributed by atoms with Crippen molar-refractivity contribution in [3.63, 3.8) is 0 Å². The summed E-state index contributed by atoms with van der Waals surface area (Å²) in [5.74, 6) is -1.12. The molecule has 25 heavy (non-hydrogen) atoms. The standard InChI is InChI=1S/C15H13F4N5O/c1-25-5-4-24-8-22-12-13(20-7-21-14(12)24)23-9-2-3-11(16)10(6-9)15(17,18)19/h2-3,6-8H,4-5H2,1H3,(H,20,21,23). The zero-order valence-corrected chi connectivity index (χ0v) is 13.0. The molecule has 1 N–H and O–H groups in total. The van der Waals surface area contributed by atoms with Crippen LogP contribution in [0, 0.1) is 5.82 Å². The summed E-state index contributed by atoms with van der Waals surface area (Å²) in [6.07, 6.45) is -1.98. The van der Waals surface area contributed by atoms with Crippen LogP contribution in [0.2, 0.25) is 0 Å². The van der Waals surface area contributed by atoms with Crippen LogP contribution in [0.3, 0.4) is 0 Å². The summed E-state index contributed by atoms with van der Waals surface area (Å²) in [4.78, 5) is 12.3. The third-order valence-electron chi connectivity index (χ3n) is 3.47. The summed E-state index contributed by atoms with van der Waals surface area (Å²) in [6.45, 7) is 0.962. The number of aromatic nitrogens is 4. The van der Waals surface area contributed by atoms with E-state index in [4.69, 9.17) is 4.74 Å². The van der Waals surface area contributed by atoms with Crippen LogP contribution in [0.4, 0.5) is 29.1 Å². The Kier molecular flexibility index (Phi) is 4.53. The van der Waals surface area contributed by atoms with Gasteiger partial charge in [0.25, 0.3) is 0 Å². The van der Waals surface area contributed by atoms with Crippen LogP contribution < -0.4 is 5.32 Å². The van der Waals surface area contributed by atoms with Crippen molar-refractivity contribution in [3.8, 4) is 0 Å². The van der Waals surface area contributed by atoms with Gasteiger partial charge in [0.2, 0.25) is 0 Å². The van der Waals surface area contributed by atoms with Crippen LogP contribution in [0.1, 0.15) is 5.56 Å². The van der Waals surface area contributed by atoms with E-state index >= 15 is 0 Å². The van der Waals surface area contributed by atoms with Gasteiger partial charge in [-0.15, -0.1) is 0 Å². The van der Waals surface area contributed by atoms with Crippen molar-refractivity contribution in [2.45, 2.75) is 12.7 Å². The van der Waals surface area contributed by atoms with E-state index < -0.39 is 17.6 Å². The highest BCUT2D eigenvalue weighted by atomic mass is 19.4. The van der Waals surface area contributed by atoms with Gasteiger partial charge in [0.15, 0.2) is 17.0 Å². The molecule has 3 rings (SSSR count). The highest BCUT2D eigenvalue weighted by Gasteiger charge is 2.34. The normalized spacial score (nSPS) is 11.9. The van der Waals surface area contributed by atoms with Crippen molar-refractivity contribution in [3.05, 3.63) is 42.2 Å². The van der Waals surface area contributed by atoms with Crippen LogP contribution in [0.5, 0.6) is 0 Å². The number of fused-ring (bicyclic) bond motifs is 1. The smallest absolute Gasteiger partial charge is 0.383 e. The van der Waals surface area contributed by atoms with Gasteiger partial charge in [0, 0.05) is 19.3 Å². The van der Waals surface area contributed by atoms with Gasteiger partial charge in [-0.3, -0.25) is 0 Å². The van der Waals surface area contributed by atoms with Crippen molar-refractivity contribution < 1.29 is 22.3 Å². The Labute approximate surface area is 139 Å². The first kappa shape index (κ1) is 17.1. The molecule has 1 aromatic carbocycles. The second-order valence-electron chi connectivity index (χ2n) is 5.14. The predicted molar refractivity (Wildman–Crippen MR) is 81.9 cm³/mol. The van der Waals surface area contributed by atoms with Crippen LogP contribution in [-0.2, 0) is 17.5 Å². The number of ether oxygens (including phenoxy) is 1. The lowest BCUT2D eigenvalue weighted by molar-refractivity contribution is -0.139. The molecular formula is C15H13F4N5O. The second-order valence-corrected chi connectivity index (χ2v) is 5.14. The highest BCUT2D eigenvalue weighted by molar-refractivity contribution is 5.85. The number of rotatable bonds is 5. The molecule has 6 nitrogen and oxygen atoms in total. The van der Waals surface area contributed by atoms with Crippen LogP contribution in [0.15, 0.2) is 30.9 Å². The zero-order chi connectivity index (χ0) is 18.0. The molecule has 0 bridgehead atoms. The third-order valence-corrected chi connectivity index (χ3v) is 3.47. The number of hydrogen-bond acceptors (Lipinski definition) is 5. The first-order valence-electron chi connectivity index (χ1n) is 7.18. The fourth-order valence-electron chi connectivity index (χ4n) is 2.28. The molecule has 0 spiro atoms. The van der Waals surface area contributed by atoms with E-state index in [1.54, 1.807) is 11.7 Å². The summed E-state index contributed by atoms with van der Waals surface area (Å²) in [5.41, 5.74) is -0.419. The SMILES string of the molecule is COCCn1cnc2c(Nc3ccc(F)c(C(F)(F)F)c3)ncnc21. The number of hydrogen-bond donors (Lipinski definition) is 1. The van der Waals surface area contributed by atoms with Crippen LogP contribution in [0.25, 0.3) is 11.2 Å². The van der Waals surface area contributed by atoms with Gasteiger partial charge < -0.3 is 14.6 Å². The molecule has 0 amide bonds. The van der Waals surface area contributed by atoms with Gasteiger partial charge in [-0.05, 0) is 18.2 Å². The topological polar surface area (TPSA) is 64.9 Å². The zero-order valence-electron chi connectivity index (χ0n) is 13.0. The Bertz CT molecular complexity index is 893. The van der Waals surface area contributed by atoms with Gasteiger partial charge in [0.05, 0.1) is 18.5 Å². The molecule has 0 aliphatic heterocycles. The quantitative estimate of drug-likeness (QED) is 0.711. The van der Waals surface area contributed by atoms with E-state index in [2.05, 4.69) is 20.3 Å². The summed E-state index contributed by atoms with van der Waals surface area (Å²) < 4.78 is 58.6. The molecule has 132 valence electrons. The Morgan fingerprint density at radius 3 is 2.72 bits per heavy atom. The van der Waals surface area contributed by atoms with Crippen molar-refractivity contribution in [1.82, 2.24) is 19.5 Å². The maximum Gasteiger partial charge on any atom is 0.419 e. The van der Waals surface area contributed by atoms with Gasteiger partial charge in [-0.25, -0.2) is 19.3 Å². The van der Waals surface area contributed by atoms with E-state index in [1.165, 1.54) is 18.7 Å². The first-order valence-corrected chi connectivity index (χ1v) is 7.18. The van der Waals surface area contributed by atoms with Gasteiger partial charge in [0.1, 0.15) is 12.1 Å². The lowest BCUT2D eigenvalue weighted by atomic mass is 10.2. The van der Waals surface area contributed by atoms with E-state index in [-0.39, 0.29) is 11.5 Å². The minimum absolute atomic E-state index is 0.0418. The third kappa shape index (κ3) is 3.53. The second kappa shape index (κ2) is 6.63. The minimum Gasteiger partial charge on any atom is -0.383 e. The van der Waals surface area contributed by atoms with E-state index in [0.717, 1.165) is 6.07 Å². The van der Waals surface area contributed by atoms with E-state index in [9.17, 15) is 17.6 Å². The van der Waals surface area contributed by atoms with E-state index in [1.807, 2.05) is 0 Å². The Morgan fingerprint density at radius 1 is 1.20 bits per heavy atom. The number of alkyl halides is 3. The average Bonchev–Trinajstić information content (AvgIpc) is 2.98. The monoisotopic (exact) mass is 355 g/mol. The molecule has 2 heterocycles. The number of nitrogens with one attached hydrogen (secondary N) is 1. The minimum atomic E-state index is -4.79. The summed E-state index contributed by atoms with van der Waals surface area (Å²) in [7, 11) is 1.56. The van der Waals surface area contributed by atoms with Crippen molar-refractivity contribution >= 4 is 22.7 Å². The number of anilines is 2. The molecule has 0 saturated carbocycles. The molecule has 0 radical (unpaired) electrons. The van der Waals surface area contributed by atoms with Crippen molar-refractivity contribution in [2.75, 3.05) is 19.0 Å². The Hall–Kier alpha value is -2.75. The number of benzene rings is 1. The molecule has 3 aromatic rings. The largest absolute Gasteiger partial charge is 0.419 e. The van der Waals surface area contributed by atoms with Gasteiger partial charge in [-0.2, -0.15) is 13.2 Å². The van der Waals surface area contributed by atoms with E-state index in [0.29, 0.717) is 30.4 Å². The molecule has 2 aromatic heterocycles. The summed E-state index contributed by atoms with van der Waals surface area (Å²) >= 11 is 0. The molecule has 0 saturated heterocycles. The van der Waals surface area contributed by atoms with Gasteiger partial charge >= 0.3 is 6.18 Å². The molecule has 0 fully saturated rings. The van der Waals surface area contributed by atoms with Crippen LogP contribution >= 0.6 is 0 Å². The molecule has 0 aliphatic carbocycles. The first-order chi connectivity index (χ1) is 11.9. The average molecular weight is 355 g/mol. The molecular weight excluding hydrogens is 342 g/mol. The Morgan fingerprint density at radius 2 is 2.00 bits per heavy atom. The molecule has 0 aliphatic rings. The number of halogens is 4. The Balaban J connectivity index is 1.95. The number of imidazole rings is 1. The lowest BCUT2D eigenvalue weighted by Crippen LogP contribution is -2.09. The predicted octanol–water partition coefficient (Wildman–Crippen LogP) is 3.37. The molecule has 0 atom stereocenters. The summed E-state index contributed by atoms with van der Waals surface area (Å²) in [6, 6.07) is 2.63. The fourth-order valence-corrected chi connectivity index (χ4v) is 2.28. The van der Waals surface area contributed by atoms with Crippen LogP contribution in [-0.4, -0.2) is 33.2 Å². The molecule has 0 unspecified atom stereocenters. The highest BCUT2D eigenvalue weighted by Crippen LogP contribution is 2.34. The number of nitrogens with zero attached hydrogens (tertiary/aromatic N) is 4. The fraction of sp³-hybridized carbons (Fsp3) is 0.267. The van der Waals surface area contributed by atoms with Gasteiger partial charge in [-0.1, -0.05) is 0 Å². The number of methoxy groups -OCH3 is 1.